The van der Waals surface area contributed by atoms with Crippen molar-refractivity contribution in [3.8, 4) is 0 Å². The number of rotatable bonds is 4. The molecule has 7 heteroatoms. The average Bonchev–Trinajstić information content (AvgIpc) is 2.46. The number of nitrogens with one attached hydrogen (secondary N) is 1. The van der Waals surface area contributed by atoms with Crippen LogP contribution in [-0.2, 0) is 6.42 Å². The number of hydrogen-bond acceptors (Lipinski definition) is 3. The predicted molar refractivity (Wildman–Crippen MR) is 81.8 cm³/mol. The molecule has 0 saturated heterocycles. The minimum absolute atomic E-state index is 0.0304. The number of aryl methyl sites for hydroxylation is 1. The Morgan fingerprint density at radius 3 is 2.64 bits per heavy atom. The molecule has 0 unspecified atom stereocenters. The summed E-state index contributed by atoms with van der Waals surface area (Å²) >= 11 is 5.81. The van der Waals surface area contributed by atoms with Crippen molar-refractivity contribution < 1.29 is 14.1 Å². The molecule has 5 nitrogen and oxygen atoms in total. The molecule has 0 fully saturated rings. The third kappa shape index (κ3) is 3.40. The minimum Gasteiger partial charge on any atom is -0.322 e. The van der Waals surface area contributed by atoms with Gasteiger partial charge in [0.05, 0.1) is 15.5 Å². The van der Waals surface area contributed by atoms with Crippen molar-refractivity contribution in [3.63, 3.8) is 0 Å². The normalized spacial score (nSPS) is 10.3. The van der Waals surface area contributed by atoms with Crippen molar-refractivity contribution in [3.05, 3.63) is 68.5 Å². The molecule has 2 rings (SSSR count). The standard InChI is InChI=1S/C15H12ClFN2O3/c1-2-9-3-5-11(8-14(9)19(21)22)18-15(20)12-6-4-10(17)7-13(12)16/h3-8H,2H2,1H3,(H,18,20). The van der Waals surface area contributed by atoms with Crippen LogP contribution >= 0.6 is 11.6 Å². The molecule has 0 aromatic heterocycles. The van der Waals surface area contributed by atoms with Crippen molar-refractivity contribution >= 4 is 28.9 Å². The van der Waals surface area contributed by atoms with Gasteiger partial charge in [-0.15, -0.1) is 0 Å². The summed E-state index contributed by atoms with van der Waals surface area (Å²) in [4.78, 5) is 22.6. The monoisotopic (exact) mass is 322 g/mol. The summed E-state index contributed by atoms with van der Waals surface area (Å²) in [6.07, 6.45) is 0.508. The first-order valence-corrected chi connectivity index (χ1v) is 6.84. The van der Waals surface area contributed by atoms with Crippen LogP contribution in [0.3, 0.4) is 0 Å². The van der Waals surface area contributed by atoms with Crippen LogP contribution in [0.4, 0.5) is 15.8 Å². The fourth-order valence-electron chi connectivity index (χ4n) is 1.98. The van der Waals surface area contributed by atoms with Gasteiger partial charge in [-0.2, -0.15) is 0 Å². The first-order chi connectivity index (χ1) is 10.4. The van der Waals surface area contributed by atoms with E-state index >= 15 is 0 Å². The van der Waals surface area contributed by atoms with Gasteiger partial charge < -0.3 is 5.32 Å². The zero-order valence-electron chi connectivity index (χ0n) is 11.6. The molecule has 0 aliphatic heterocycles. The van der Waals surface area contributed by atoms with Crippen molar-refractivity contribution in [1.29, 1.82) is 0 Å². The summed E-state index contributed by atoms with van der Waals surface area (Å²) in [7, 11) is 0. The van der Waals surface area contributed by atoms with Crippen LogP contribution in [0.25, 0.3) is 0 Å². The summed E-state index contributed by atoms with van der Waals surface area (Å²) in [5, 5.41) is 13.5. The van der Waals surface area contributed by atoms with E-state index in [1.54, 1.807) is 19.1 Å². The number of halogens is 2. The molecule has 1 N–H and O–H groups in total. The van der Waals surface area contributed by atoms with Gasteiger partial charge in [-0.05, 0) is 30.7 Å². The molecule has 0 heterocycles. The van der Waals surface area contributed by atoms with Crippen LogP contribution in [0.1, 0.15) is 22.8 Å². The Kier molecular flexibility index (Phi) is 4.72. The molecule has 0 aliphatic carbocycles. The topological polar surface area (TPSA) is 72.2 Å². The van der Waals surface area contributed by atoms with E-state index in [2.05, 4.69) is 5.32 Å². The van der Waals surface area contributed by atoms with E-state index in [1.807, 2.05) is 0 Å². The zero-order valence-corrected chi connectivity index (χ0v) is 12.4. The van der Waals surface area contributed by atoms with Gasteiger partial charge in [0.25, 0.3) is 11.6 Å². The first kappa shape index (κ1) is 15.9. The van der Waals surface area contributed by atoms with Crippen molar-refractivity contribution in [1.82, 2.24) is 0 Å². The molecular weight excluding hydrogens is 311 g/mol. The molecule has 0 saturated carbocycles. The maximum Gasteiger partial charge on any atom is 0.274 e. The quantitative estimate of drug-likeness (QED) is 0.677. The van der Waals surface area contributed by atoms with Gasteiger partial charge in [-0.25, -0.2) is 4.39 Å². The SMILES string of the molecule is CCc1ccc(NC(=O)c2ccc(F)cc2Cl)cc1[N+](=O)[O-]. The highest BCUT2D eigenvalue weighted by Crippen LogP contribution is 2.25. The lowest BCUT2D eigenvalue weighted by Crippen LogP contribution is -2.13. The Hall–Kier alpha value is -2.47. The molecule has 2 aromatic carbocycles. The van der Waals surface area contributed by atoms with Gasteiger partial charge in [-0.1, -0.05) is 24.6 Å². The average molecular weight is 323 g/mol. The lowest BCUT2D eigenvalue weighted by molar-refractivity contribution is -0.385. The largest absolute Gasteiger partial charge is 0.322 e. The van der Waals surface area contributed by atoms with E-state index in [0.29, 0.717) is 12.0 Å². The van der Waals surface area contributed by atoms with E-state index in [-0.39, 0.29) is 22.0 Å². The number of nitrogens with zero attached hydrogens (tertiary/aromatic N) is 1. The second-order valence-electron chi connectivity index (χ2n) is 4.53. The fourth-order valence-corrected chi connectivity index (χ4v) is 2.24. The van der Waals surface area contributed by atoms with Gasteiger partial charge in [-0.3, -0.25) is 14.9 Å². The Bertz CT molecular complexity index is 750. The van der Waals surface area contributed by atoms with E-state index in [9.17, 15) is 19.3 Å². The van der Waals surface area contributed by atoms with E-state index in [1.165, 1.54) is 12.1 Å². The number of amides is 1. The van der Waals surface area contributed by atoms with Crippen molar-refractivity contribution in [2.75, 3.05) is 5.32 Å². The summed E-state index contributed by atoms with van der Waals surface area (Å²) in [5.74, 6) is -1.12. The van der Waals surface area contributed by atoms with E-state index < -0.39 is 16.6 Å². The third-order valence-electron chi connectivity index (χ3n) is 3.10. The van der Waals surface area contributed by atoms with Crippen LogP contribution in [0, 0.1) is 15.9 Å². The van der Waals surface area contributed by atoms with Crippen LogP contribution < -0.4 is 5.32 Å². The summed E-state index contributed by atoms with van der Waals surface area (Å²) in [6, 6.07) is 7.83. The lowest BCUT2D eigenvalue weighted by atomic mass is 10.1. The minimum atomic E-state index is -0.566. The maximum atomic E-state index is 13.0. The maximum absolute atomic E-state index is 13.0. The molecular formula is C15H12ClFN2O3. The Labute approximate surface area is 130 Å². The van der Waals surface area contributed by atoms with E-state index in [0.717, 1.165) is 12.1 Å². The number of carbonyl (C=O) groups excluding carboxylic acids is 1. The number of nitro benzene ring substituents is 1. The Morgan fingerprint density at radius 2 is 2.05 bits per heavy atom. The Morgan fingerprint density at radius 1 is 1.32 bits per heavy atom. The molecule has 0 atom stereocenters. The second kappa shape index (κ2) is 6.53. The summed E-state index contributed by atoms with van der Waals surface area (Å²) < 4.78 is 13.0. The number of nitro groups is 1. The molecule has 114 valence electrons. The molecule has 1 amide bonds. The molecule has 0 bridgehead atoms. The molecule has 0 spiro atoms. The fraction of sp³-hybridized carbons (Fsp3) is 0.133. The first-order valence-electron chi connectivity index (χ1n) is 6.46. The second-order valence-corrected chi connectivity index (χ2v) is 4.94. The zero-order chi connectivity index (χ0) is 16.3. The molecule has 22 heavy (non-hydrogen) atoms. The van der Waals surface area contributed by atoms with E-state index in [4.69, 9.17) is 11.6 Å². The van der Waals surface area contributed by atoms with Crippen LogP contribution in [0.5, 0.6) is 0 Å². The summed E-state index contributed by atoms with van der Waals surface area (Å²) in [5.41, 5.74) is 0.868. The van der Waals surface area contributed by atoms with Gasteiger partial charge in [0.15, 0.2) is 0 Å². The van der Waals surface area contributed by atoms with Gasteiger partial charge >= 0.3 is 0 Å². The number of carbonyl (C=O) groups is 1. The van der Waals surface area contributed by atoms with Crippen LogP contribution in [-0.4, -0.2) is 10.8 Å². The highest BCUT2D eigenvalue weighted by molar-refractivity contribution is 6.34. The molecule has 2 aromatic rings. The Balaban J connectivity index is 2.28. The van der Waals surface area contributed by atoms with Crippen LogP contribution in [0.15, 0.2) is 36.4 Å². The number of hydrogen-bond donors (Lipinski definition) is 1. The smallest absolute Gasteiger partial charge is 0.274 e. The van der Waals surface area contributed by atoms with Gasteiger partial charge in [0, 0.05) is 17.3 Å². The van der Waals surface area contributed by atoms with Crippen molar-refractivity contribution in [2.45, 2.75) is 13.3 Å². The van der Waals surface area contributed by atoms with Gasteiger partial charge in [0.1, 0.15) is 5.82 Å². The van der Waals surface area contributed by atoms with Gasteiger partial charge in [0.2, 0.25) is 0 Å². The summed E-state index contributed by atoms with van der Waals surface area (Å²) in [6.45, 7) is 1.80. The number of benzene rings is 2. The van der Waals surface area contributed by atoms with Crippen molar-refractivity contribution in [2.24, 2.45) is 0 Å². The lowest BCUT2D eigenvalue weighted by Gasteiger charge is -2.08. The molecule has 0 aliphatic rings. The van der Waals surface area contributed by atoms with Crippen LogP contribution in [0.2, 0.25) is 5.02 Å². The highest BCUT2D eigenvalue weighted by Gasteiger charge is 2.16. The highest BCUT2D eigenvalue weighted by atomic mass is 35.5. The number of anilines is 1. The predicted octanol–water partition coefficient (Wildman–Crippen LogP) is 4.20. The molecule has 0 radical (unpaired) electrons. The third-order valence-corrected chi connectivity index (χ3v) is 3.41.